The number of carbonyl (C=O) groups is 1. The number of imidazole rings is 1. The minimum absolute atomic E-state index is 0.113. The van der Waals surface area contributed by atoms with Gasteiger partial charge in [-0.3, -0.25) is 9.36 Å². The number of aliphatic hydroxyl groups excluding tert-OH is 1. The molecular formula is C30H38N8O4. The number of benzene rings is 2. The van der Waals surface area contributed by atoms with Crippen LogP contribution in [-0.2, 0) is 11.4 Å². The highest BCUT2D eigenvalue weighted by Crippen LogP contribution is 2.38. The van der Waals surface area contributed by atoms with E-state index >= 15 is 0 Å². The molecule has 0 saturated heterocycles. The van der Waals surface area contributed by atoms with Crippen molar-refractivity contribution in [2.45, 2.75) is 26.5 Å². The van der Waals surface area contributed by atoms with Gasteiger partial charge in [0.1, 0.15) is 11.6 Å². The van der Waals surface area contributed by atoms with Gasteiger partial charge in [-0.15, -0.1) is 0 Å². The molecule has 2 aromatic carbocycles. The fraction of sp³-hybridized carbons (Fsp3) is 0.333. The first-order chi connectivity index (χ1) is 20.1. The highest BCUT2D eigenvalue weighted by Gasteiger charge is 2.20. The van der Waals surface area contributed by atoms with E-state index in [0.29, 0.717) is 46.1 Å². The number of nitrogens with zero attached hydrogens (tertiary/aromatic N) is 6. The molecule has 0 spiro atoms. The molecule has 0 radical (unpaired) electrons. The number of fused-ring (bicyclic) bond motifs is 1. The van der Waals surface area contributed by atoms with Crippen LogP contribution in [0.2, 0.25) is 0 Å². The third-order valence-corrected chi connectivity index (χ3v) is 6.81. The van der Waals surface area contributed by atoms with Crippen molar-refractivity contribution in [2.75, 3.05) is 56.9 Å². The van der Waals surface area contributed by atoms with E-state index < -0.39 is 0 Å². The van der Waals surface area contributed by atoms with Crippen LogP contribution in [0.15, 0.2) is 60.0 Å². The summed E-state index contributed by atoms with van der Waals surface area (Å²) in [4.78, 5) is 39.0. The Kier molecular flexibility index (Phi) is 9.28. The molecule has 4 aromatic rings. The van der Waals surface area contributed by atoms with Gasteiger partial charge in [0.2, 0.25) is 11.9 Å². The number of ether oxygens (including phenoxy) is 1. The number of likely N-dealkylation sites (N-methyl/N-ethyl adjacent to an activating group) is 2. The summed E-state index contributed by atoms with van der Waals surface area (Å²) >= 11 is 0. The number of nitrogens with one attached hydrogen (secondary N) is 2. The molecule has 0 fully saturated rings. The number of aromatic nitrogens is 4. The molecule has 0 bridgehead atoms. The van der Waals surface area contributed by atoms with Crippen LogP contribution in [0.4, 0.5) is 23.0 Å². The predicted octanol–water partition coefficient (Wildman–Crippen LogP) is 3.53. The van der Waals surface area contributed by atoms with Crippen LogP contribution in [0.5, 0.6) is 5.75 Å². The Hall–Kier alpha value is -4.68. The van der Waals surface area contributed by atoms with Crippen LogP contribution in [0.3, 0.4) is 0 Å². The van der Waals surface area contributed by atoms with E-state index in [0.717, 1.165) is 12.2 Å². The van der Waals surface area contributed by atoms with Crippen molar-refractivity contribution in [3.05, 3.63) is 71.3 Å². The van der Waals surface area contributed by atoms with Gasteiger partial charge in [0.15, 0.2) is 0 Å². The molecule has 0 aliphatic carbocycles. The van der Waals surface area contributed by atoms with E-state index in [9.17, 15) is 14.7 Å². The second kappa shape index (κ2) is 12.9. The lowest BCUT2D eigenvalue weighted by molar-refractivity contribution is -0.111. The summed E-state index contributed by atoms with van der Waals surface area (Å²) in [7, 11) is 7.49. The number of amides is 1. The zero-order valence-corrected chi connectivity index (χ0v) is 24.9. The van der Waals surface area contributed by atoms with Crippen molar-refractivity contribution in [1.29, 1.82) is 0 Å². The maximum Gasteiger partial charge on any atom is 0.335 e. The van der Waals surface area contributed by atoms with E-state index in [2.05, 4.69) is 32.1 Å². The maximum absolute atomic E-state index is 13.6. The van der Waals surface area contributed by atoms with Gasteiger partial charge in [-0.05, 0) is 57.8 Å². The third-order valence-electron chi connectivity index (χ3n) is 6.81. The zero-order chi connectivity index (χ0) is 30.6. The number of carbonyl (C=O) groups excluding carboxylic acids is 1. The van der Waals surface area contributed by atoms with Crippen molar-refractivity contribution >= 4 is 40.0 Å². The summed E-state index contributed by atoms with van der Waals surface area (Å²) in [6.07, 6.45) is 2.77. The molecule has 0 aliphatic heterocycles. The lowest BCUT2D eigenvalue weighted by Gasteiger charge is -2.26. The van der Waals surface area contributed by atoms with Crippen LogP contribution < -0.4 is 26.0 Å². The molecule has 2 heterocycles. The molecule has 0 saturated carbocycles. The number of methoxy groups -OCH3 is 1. The van der Waals surface area contributed by atoms with Gasteiger partial charge in [0.05, 0.1) is 41.8 Å². The highest BCUT2D eigenvalue weighted by molar-refractivity contribution is 6.02. The molecule has 2 aromatic heterocycles. The van der Waals surface area contributed by atoms with E-state index in [4.69, 9.17) is 4.74 Å². The average Bonchev–Trinajstić information content (AvgIpc) is 3.26. The average molecular weight is 575 g/mol. The van der Waals surface area contributed by atoms with Crippen LogP contribution in [0.25, 0.3) is 16.9 Å². The Morgan fingerprint density at radius 1 is 1.12 bits per heavy atom. The zero-order valence-electron chi connectivity index (χ0n) is 24.9. The number of anilines is 4. The molecule has 222 valence electrons. The number of hydrogen-bond donors (Lipinski definition) is 3. The second-order valence-electron chi connectivity index (χ2n) is 10.4. The SMILES string of the molecule is C=CC(=O)Nc1cc(Nc2nccc(-n3c(=O)n(C(C)C)c4cc(CO)ccc43)n2)c(OC)cc1N(C)CCN(C)C. The minimum Gasteiger partial charge on any atom is -0.494 e. The highest BCUT2D eigenvalue weighted by atomic mass is 16.5. The van der Waals surface area contributed by atoms with Crippen molar-refractivity contribution < 1.29 is 14.6 Å². The molecule has 0 aliphatic rings. The lowest BCUT2D eigenvalue weighted by Crippen LogP contribution is -2.29. The van der Waals surface area contributed by atoms with Crippen LogP contribution in [0, 0.1) is 0 Å². The van der Waals surface area contributed by atoms with Gasteiger partial charge in [-0.1, -0.05) is 12.6 Å². The second-order valence-corrected chi connectivity index (χ2v) is 10.4. The van der Waals surface area contributed by atoms with E-state index in [-0.39, 0.29) is 30.2 Å². The molecule has 42 heavy (non-hydrogen) atoms. The third kappa shape index (κ3) is 6.29. The van der Waals surface area contributed by atoms with Gasteiger partial charge < -0.3 is 30.3 Å². The molecule has 1 amide bonds. The summed E-state index contributed by atoms with van der Waals surface area (Å²) in [6.45, 7) is 8.82. The van der Waals surface area contributed by atoms with Crippen LogP contribution in [0.1, 0.15) is 25.5 Å². The first-order valence-corrected chi connectivity index (χ1v) is 13.6. The molecule has 0 unspecified atom stereocenters. The van der Waals surface area contributed by atoms with Crippen molar-refractivity contribution in [3.8, 4) is 11.6 Å². The summed E-state index contributed by atoms with van der Waals surface area (Å²) in [5.74, 6) is 0.761. The Morgan fingerprint density at radius 2 is 1.88 bits per heavy atom. The van der Waals surface area contributed by atoms with E-state index in [1.165, 1.54) is 10.6 Å². The first kappa shape index (κ1) is 30.3. The number of rotatable bonds is 12. The fourth-order valence-corrected chi connectivity index (χ4v) is 4.64. The minimum atomic E-state index is -0.350. The largest absolute Gasteiger partial charge is 0.494 e. The Labute approximate surface area is 244 Å². The van der Waals surface area contributed by atoms with Crippen molar-refractivity contribution in [1.82, 2.24) is 24.0 Å². The maximum atomic E-state index is 13.6. The van der Waals surface area contributed by atoms with Gasteiger partial charge >= 0.3 is 5.69 Å². The molecular weight excluding hydrogens is 536 g/mol. The quantitative estimate of drug-likeness (QED) is 0.218. The summed E-state index contributed by atoms with van der Waals surface area (Å²) in [5.41, 5.74) is 3.65. The van der Waals surface area contributed by atoms with Crippen molar-refractivity contribution in [3.63, 3.8) is 0 Å². The topological polar surface area (TPSA) is 130 Å². The first-order valence-electron chi connectivity index (χ1n) is 13.6. The normalized spacial score (nSPS) is 11.3. The number of aliphatic hydroxyl groups is 1. The summed E-state index contributed by atoms with van der Waals surface area (Å²) in [6, 6.07) is 10.5. The Balaban J connectivity index is 1.78. The molecule has 0 atom stereocenters. The summed E-state index contributed by atoms with van der Waals surface area (Å²) < 4.78 is 8.90. The standard InChI is InChI=1S/C30H38N8O4/c1-8-28(40)32-21-16-22(26(42-7)17-24(21)36(6)14-13-35(4)5)33-29-31-12-11-27(34-29)38-23-10-9-20(18-39)15-25(23)37(19(2)3)30(38)41/h8-12,15-17,19,39H,1,13-14,18H2,2-7H3,(H,32,40)(H,31,33,34). The lowest BCUT2D eigenvalue weighted by atomic mass is 10.2. The van der Waals surface area contributed by atoms with Crippen LogP contribution in [-0.4, -0.2) is 76.4 Å². The van der Waals surface area contributed by atoms with Gasteiger partial charge in [-0.25, -0.2) is 14.3 Å². The Morgan fingerprint density at radius 3 is 2.52 bits per heavy atom. The van der Waals surface area contributed by atoms with Crippen molar-refractivity contribution in [2.24, 2.45) is 0 Å². The Bertz CT molecular complexity index is 1660. The monoisotopic (exact) mass is 574 g/mol. The molecule has 3 N–H and O–H groups in total. The molecule has 12 heteroatoms. The molecule has 4 rings (SSSR count). The number of hydrogen-bond acceptors (Lipinski definition) is 9. The smallest absolute Gasteiger partial charge is 0.335 e. The van der Waals surface area contributed by atoms with Gasteiger partial charge in [0.25, 0.3) is 0 Å². The summed E-state index contributed by atoms with van der Waals surface area (Å²) in [5, 5.41) is 15.7. The van der Waals surface area contributed by atoms with Gasteiger partial charge in [-0.2, -0.15) is 4.98 Å². The van der Waals surface area contributed by atoms with Gasteiger partial charge in [0, 0.05) is 44.5 Å². The predicted molar refractivity (Wildman–Crippen MR) is 166 cm³/mol. The van der Waals surface area contributed by atoms with E-state index in [1.54, 1.807) is 42.1 Å². The molecule has 12 nitrogen and oxygen atoms in total. The fourth-order valence-electron chi connectivity index (χ4n) is 4.64. The van der Waals surface area contributed by atoms with Crippen LogP contribution >= 0.6 is 0 Å². The van der Waals surface area contributed by atoms with E-state index in [1.807, 2.05) is 52.0 Å².